The van der Waals surface area contributed by atoms with E-state index in [1.165, 1.54) is 38.2 Å². The molecule has 0 atom stereocenters. The summed E-state index contributed by atoms with van der Waals surface area (Å²) >= 11 is 6.40. The maximum Gasteiger partial charge on any atom is 0.229 e. The van der Waals surface area contributed by atoms with E-state index in [9.17, 15) is 4.79 Å². The number of rotatable bonds is 10. The first kappa shape index (κ1) is 29.8. The van der Waals surface area contributed by atoms with Crippen LogP contribution in [0.2, 0.25) is 5.02 Å². The number of amides is 1. The van der Waals surface area contributed by atoms with Crippen LogP contribution in [0.25, 0.3) is 0 Å². The van der Waals surface area contributed by atoms with Crippen LogP contribution in [0.4, 0.5) is 23.1 Å². The van der Waals surface area contributed by atoms with Gasteiger partial charge >= 0.3 is 0 Å². The normalized spacial score (nSPS) is 26.2. The molecule has 4 N–H and O–H groups in total. The maximum atomic E-state index is 13.3. The number of piperidine rings is 1. The Morgan fingerprint density at radius 1 is 1.11 bits per heavy atom. The van der Waals surface area contributed by atoms with Crippen molar-refractivity contribution < 1.29 is 4.79 Å². The van der Waals surface area contributed by atoms with Crippen LogP contribution in [0.3, 0.4) is 0 Å². The van der Waals surface area contributed by atoms with E-state index >= 15 is 0 Å². The van der Waals surface area contributed by atoms with E-state index in [1.807, 2.05) is 35.1 Å². The number of nitrogens with two attached hydrogens (primary N) is 1. The molecule has 10 nitrogen and oxygen atoms in total. The van der Waals surface area contributed by atoms with Gasteiger partial charge in [0.25, 0.3) is 0 Å². The summed E-state index contributed by atoms with van der Waals surface area (Å²) in [7, 11) is 0. The standard InChI is InChI=1S/C34H42ClN9O/c1-2-31(36)40-26-5-3-4-21(15-26)17-37-33-30(35)19-38-34(42-33)41-27-18-39-44(20-27)28-6-8-43(9-7-28)32(45)16-29-24-11-22-10-23(13-24)14-25(29)12-22/h2-5,15,18-20,22-25,28-29H,1,6-14,16-17H2,(H2,36,40)(H2,37,38,41,42). The minimum Gasteiger partial charge on any atom is -0.384 e. The summed E-state index contributed by atoms with van der Waals surface area (Å²) in [5.41, 5.74) is 8.33. The van der Waals surface area contributed by atoms with Gasteiger partial charge in [-0.05, 0) is 98.3 Å². The van der Waals surface area contributed by atoms with Crippen molar-refractivity contribution in [2.75, 3.05) is 23.7 Å². The molecule has 4 saturated carbocycles. The average molecular weight is 628 g/mol. The molecule has 1 saturated heterocycles. The van der Waals surface area contributed by atoms with Crippen molar-refractivity contribution in [3.63, 3.8) is 0 Å². The number of nitrogens with zero attached hydrogens (tertiary/aromatic N) is 6. The van der Waals surface area contributed by atoms with Gasteiger partial charge in [-0.2, -0.15) is 10.1 Å². The number of aliphatic imine (C=N–C) groups is 1. The van der Waals surface area contributed by atoms with Gasteiger partial charge in [-0.1, -0.05) is 30.3 Å². The Morgan fingerprint density at radius 3 is 2.60 bits per heavy atom. The van der Waals surface area contributed by atoms with E-state index in [0.29, 0.717) is 41.0 Å². The summed E-state index contributed by atoms with van der Waals surface area (Å²) in [6.45, 7) is 5.73. The Balaban J connectivity index is 0.911. The number of carbonyl (C=O) groups excluding carboxylic acids is 1. The minimum absolute atomic E-state index is 0.260. The monoisotopic (exact) mass is 627 g/mol. The summed E-state index contributed by atoms with van der Waals surface area (Å²) in [5, 5.41) is 11.6. The predicted molar refractivity (Wildman–Crippen MR) is 178 cm³/mol. The van der Waals surface area contributed by atoms with Crippen molar-refractivity contribution in [3.8, 4) is 0 Å². The molecule has 3 aromatic rings. The van der Waals surface area contributed by atoms with Crippen LogP contribution in [0.1, 0.15) is 63.0 Å². The van der Waals surface area contributed by atoms with E-state index < -0.39 is 0 Å². The lowest BCUT2D eigenvalue weighted by Gasteiger charge is -2.54. The molecular formula is C34H42ClN9O. The maximum absolute atomic E-state index is 13.3. The third-order valence-electron chi connectivity index (χ3n) is 10.5. The zero-order chi connectivity index (χ0) is 30.9. The molecule has 1 aromatic carbocycles. The molecule has 45 heavy (non-hydrogen) atoms. The molecule has 11 heteroatoms. The molecule has 4 aliphatic carbocycles. The van der Waals surface area contributed by atoms with Gasteiger partial charge in [0.05, 0.1) is 29.8 Å². The molecule has 5 fully saturated rings. The van der Waals surface area contributed by atoms with Crippen LogP contribution in [0.15, 0.2) is 60.5 Å². The summed E-state index contributed by atoms with van der Waals surface area (Å²) in [6, 6.07) is 7.99. The second-order valence-corrected chi connectivity index (χ2v) is 13.8. The van der Waals surface area contributed by atoms with Gasteiger partial charge in [-0.3, -0.25) is 9.48 Å². The van der Waals surface area contributed by atoms with E-state index in [-0.39, 0.29) is 6.04 Å². The summed E-state index contributed by atoms with van der Waals surface area (Å²) in [6.07, 6.45) is 16.4. The summed E-state index contributed by atoms with van der Waals surface area (Å²) < 4.78 is 2.01. The molecule has 1 amide bonds. The number of halogens is 1. The SMILES string of the molecule is C=CC(N)=Nc1cccc(CNc2nc(Nc3cnn(C4CCN(C(=O)CC5C6CC7CC(C6)CC5C7)CC4)c3)ncc2Cl)c1. The fourth-order valence-electron chi connectivity index (χ4n) is 8.48. The predicted octanol–water partition coefficient (Wildman–Crippen LogP) is 6.48. The highest BCUT2D eigenvalue weighted by molar-refractivity contribution is 6.32. The van der Waals surface area contributed by atoms with Gasteiger partial charge in [0.15, 0.2) is 5.82 Å². The Morgan fingerprint density at radius 2 is 1.87 bits per heavy atom. The molecular weight excluding hydrogens is 586 g/mol. The molecule has 8 rings (SSSR count). The Bertz CT molecular complexity index is 1550. The lowest BCUT2D eigenvalue weighted by molar-refractivity contribution is -0.137. The van der Waals surface area contributed by atoms with Crippen molar-refractivity contribution in [1.29, 1.82) is 0 Å². The highest BCUT2D eigenvalue weighted by Gasteiger charge is 2.48. The first-order valence-electron chi connectivity index (χ1n) is 16.3. The van der Waals surface area contributed by atoms with Gasteiger partial charge < -0.3 is 21.3 Å². The molecule has 1 aliphatic heterocycles. The number of hydrogen-bond donors (Lipinski definition) is 3. The Kier molecular flexibility index (Phi) is 8.49. The van der Waals surface area contributed by atoms with E-state index in [0.717, 1.165) is 73.0 Å². The number of hydrogen-bond acceptors (Lipinski definition) is 7. The van der Waals surface area contributed by atoms with Gasteiger partial charge in [-0.25, -0.2) is 9.98 Å². The third kappa shape index (κ3) is 6.71. The number of benzene rings is 1. The molecule has 0 radical (unpaired) electrons. The number of nitrogens with one attached hydrogen (secondary N) is 2. The summed E-state index contributed by atoms with van der Waals surface area (Å²) in [5.74, 6) is 5.80. The number of anilines is 3. The fourth-order valence-corrected chi connectivity index (χ4v) is 8.64. The first-order chi connectivity index (χ1) is 21.9. The van der Waals surface area contributed by atoms with Crippen LogP contribution in [-0.2, 0) is 11.3 Å². The Labute approximate surface area is 269 Å². The van der Waals surface area contributed by atoms with E-state index in [2.05, 4.69) is 42.2 Å². The molecule has 0 spiro atoms. The fraction of sp³-hybridized carbons (Fsp3) is 0.500. The number of carbonyl (C=O) groups is 1. The number of likely N-dealkylation sites (tertiary alicyclic amines) is 1. The van der Waals surface area contributed by atoms with Gasteiger partial charge in [0.2, 0.25) is 11.9 Å². The molecule has 4 bridgehead atoms. The lowest BCUT2D eigenvalue weighted by Crippen LogP contribution is -2.47. The smallest absolute Gasteiger partial charge is 0.229 e. The van der Waals surface area contributed by atoms with Gasteiger partial charge in [0.1, 0.15) is 10.9 Å². The molecule has 5 aliphatic rings. The van der Waals surface area contributed by atoms with Crippen molar-refractivity contribution in [1.82, 2.24) is 24.6 Å². The Hall–Kier alpha value is -3.92. The lowest BCUT2D eigenvalue weighted by atomic mass is 9.51. The second kappa shape index (κ2) is 12.8. The number of amidine groups is 1. The van der Waals surface area contributed by atoms with E-state index in [4.69, 9.17) is 17.3 Å². The number of aromatic nitrogens is 4. The van der Waals surface area contributed by atoms with Crippen LogP contribution in [0.5, 0.6) is 0 Å². The molecule has 0 unspecified atom stereocenters. The average Bonchev–Trinajstić information content (AvgIpc) is 3.51. The van der Waals surface area contributed by atoms with Gasteiger partial charge in [0, 0.05) is 32.3 Å². The van der Waals surface area contributed by atoms with Crippen molar-refractivity contribution in [3.05, 3.63) is 66.1 Å². The molecule has 236 valence electrons. The van der Waals surface area contributed by atoms with Crippen LogP contribution in [-0.4, -0.2) is 49.5 Å². The highest BCUT2D eigenvalue weighted by Crippen LogP contribution is 2.57. The largest absolute Gasteiger partial charge is 0.384 e. The molecule has 3 heterocycles. The van der Waals surface area contributed by atoms with Crippen molar-refractivity contribution in [2.24, 2.45) is 40.3 Å². The minimum atomic E-state index is 0.260. The van der Waals surface area contributed by atoms with Crippen LogP contribution in [0, 0.1) is 29.6 Å². The zero-order valence-electron chi connectivity index (χ0n) is 25.6. The van der Waals surface area contributed by atoms with Crippen LogP contribution < -0.4 is 16.4 Å². The van der Waals surface area contributed by atoms with Crippen molar-refractivity contribution in [2.45, 2.75) is 64.0 Å². The summed E-state index contributed by atoms with van der Waals surface area (Å²) in [4.78, 5) is 28.7. The topological polar surface area (TPSA) is 126 Å². The molecule has 2 aromatic heterocycles. The van der Waals surface area contributed by atoms with E-state index in [1.54, 1.807) is 12.4 Å². The highest BCUT2D eigenvalue weighted by atomic mass is 35.5. The first-order valence-corrected chi connectivity index (χ1v) is 16.7. The van der Waals surface area contributed by atoms with Gasteiger partial charge in [-0.15, -0.1) is 0 Å². The second-order valence-electron chi connectivity index (χ2n) is 13.4. The quantitative estimate of drug-likeness (QED) is 0.173. The van der Waals surface area contributed by atoms with Crippen molar-refractivity contribution >= 4 is 46.5 Å². The third-order valence-corrected chi connectivity index (χ3v) is 10.7. The van der Waals surface area contributed by atoms with Crippen LogP contribution >= 0.6 is 11.6 Å². The zero-order valence-corrected chi connectivity index (χ0v) is 26.4.